The lowest BCUT2D eigenvalue weighted by Gasteiger charge is -2.33. The van der Waals surface area contributed by atoms with Crippen molar-refractivity contribution in [1.82, 2.24) is 0 Å². The predicted octanol–water partition coefficient (Wildman–Crippen LogP) is 7.60. The molecule has 31 heavy (non-hydrogen) atoms. The van der Waals surface area contributed by atoms with Crippen molar-refractivity contribution in [1.29, 1.82) is 0 Å². The van der Waals surface area contributed by atoms with Crippen molar-refractivity contribution in [3.8, 4) is 0 Å². The van der Waals surface area contributed by atoms with Crippen molar-refractivity contribution in [3.05, 3.63) is 73.6 Å². The summed E-state index contributed by atoms with van der Waals surface area (Å²) in [5, 5.41) is 1.91. The molecular formula is C23H20Cl2F3NOS. The summed E-state index contributed by atoms with van der Waals surface area (Å²) < 4.78 is 41.1. The highest BCUT2D eigenvalue weighted by molar-refractivity contribution is 8.03. The van der Waals surface area contributed by atoms with Gasteiger partial charge in [0.05, 0.1) is 0 Å². The fourth-order valence-electron chi connectivity index (χ4n) is 4.47. The Balaban J connectivity index is 1.81. The first-order valence-corrected chi connectivity index (χ1v) is 11.5. The molecule has 2 aromatic rings. The van der Waals surface area contributed by atoms with Gasteiger partial charge < -0.3 is 5.73 Å². The van der Waals surface area contributed by atoms with E-state index in [9.17, 15) is 18.0 Å². The van der Waals surface area contributed by atoms with Crippen LogP contribution in [0.3, 0.4) is 0 Å². The van der Waals surface area contributed by atoms with Crippen molar-refractivity contribution < 1.29 is 18.0 Å². The number of nitrogens with two attached hydrogens (primary N) is 1. The summed E-state index contributed by atoms with van der Waals surface area (Å²) >= 11 is 12.8. The second-order valence-corrected chi connectivity index (χ2v) is 10.2. The van der Waals surface area contributed by atoms with Gasteiger partial charge in [0.25, 0.3) is 0 Å². The molecule has 0 bridgehead atoms. The fraction of sp³-hybridized carbons (Fsp3) is 0.348. The van der Waals surface area contributed by atoms with Gasteiger partial charge >= 0.3 is 6.18 Å². The lowest BCUT2D eigenvalue weighted by molar-refractivity contribution is -0.160. The van der Waals surface area contributed by atoms with Crippen LogP contribution >= 0.6 is 35.0 Å². The highest BCUT2D eigenvalue weighted by atomic mass is 35.5. The lowest BCUT2D eigenvalue weighted by atomic mass is 9.73. The molecule has 1 atom stereocenters. The molecule has 1 amide bonds. The van der Waals surface area contributed by atoms with Gasteiger partial charge in [0.1, 0.15) is 4.75 Å². The molecule has 1 aliphatic carbocycles. The molecule has 2 N–H and O–H groups in total. The largest absolute Gasteiger partial charge is 0.407 e. The van der Waals surface area contributed by atoms with Crippen LogP contribution < -0.4 is 5.73 Å². The predicted molar refractivity (Wildman–Crippen MR) is 121 cm³/mol. The van der Waals surface area contributed by atoms with Crippen LogP contribution in [0, 0.1) is 6.92 Å². The minimum Gasteiger partial charge on any atom is -0.366 e. The number of amides is 1. The Morgan fingerprint density at radius 2 is 1.81 bits per heavy atom. The molecule has 1 aliphatic heterocycles. The van der Waals surface area contributed by atoms with Gasteiger partial charge in [0.15, 0.2) is 0 Å². The molecule has 1 fully saturated rings. The molecule has 0 saturated heterocycles. The number of halogens is 5. The van der Waals surface area contributed by atoms with Crippen LogP contribution in [-0.4, -0.2) is 12.1 Å². The molecule has 2 nitrogen and oxygen atoms in total. The van der Waals surface area contributed by atoms with Gasteiger partial charge in [0, 0.05) is 22.0 Å². The van der Waals surface area contributed by atoms with Crippen LogP contribution in [0.4, 0.5) is 13.2 Å². The minimum absolute atomic E-state index is 0.0319. The third-order valence-corrected chi connectivity index (χ3v) is 8.12. The zero-order valence-electron chi connectivity index (χ0n) is 16.7. The van der Waals surface area contributed by atoms with Crippen molar-refractivity contribution >= 4 is 46.4 Å². The Morgan fingerprint density at radius 3 is 2.32 bits per heavy atom. The zero-order chi connectivity index (χ0) is 22.6. The van der Waals surface area contributed by atoms with Crippen LogP contribution in [-0.2, 0) is 4.75 Å². The molecule has 0 aromatic heterocycles. The minimum atomic E-state index is -4.53. The summed E-state index contributed by atoms with van der Waals surface area (Å²) in [7, 11) is 0. The van der Waals surface area contributed by atoms with Crippen LogP contribution in [0.2, 0.25) is 10.0 Å². The van der Waals surface area contributed by atoms with Crippen molar-refractivity contribution in [2.45, 2.75) is 49.4 Å². The number of thioether (sulfide) groups is 1. The smallest absolute Gasteiger partial charge is 0.366 e. The van der Waals surface area contributed by atoms with E-state index < -0.39 is 16.8 Å². The zero-order valence-corrected chi connectivity index (χ0v) is 19.0. The number of hydrogen-bond donors (Lipinski definition) is 1. The van der Waals surface area contributed by atoms with Crippen LogP contribution in [0.25, 0.3) is 5.57 Å². The summed E-state index contributed by atoms with van der Waals surface area (Å²) in [4.78, 5) is 11.8. The fourth-order valence-corrected chi connectivity index (χ4v) is 6.17. The molecule has 2 aromatic carbocycles. The second kappa shape index (κ2) is 8.05. The van der Waals surface area contributed by atoms with E-state index in [4.69, 9.17) is 28.9 Å². The van der Waals surface area contributed by atoms with E-state index in [2.05, 4.69) is 0 Å². The molecule has 0 spiro atoms. The van der Waals surface area contributed by atoms with E-state index in [1.807, 2.05) is 6.92 Å². The first kappa shape index (κ1) is 22.6. The van der Waals surface area contributed by atoms with E-state index in [1.54, 1.807) is 17.5 Å². The third kappa shape index (κ3) is 3.87. The molecule has 164 valence electrons. The maximum absolute atomic E-state index is 14.4. The van der Waals surface area contributed by atoms with Gasteiger partial charge in [-0.2, -0.15) is 13.2 Å². The van der Waals surface area contributed by atoms with Gasteiger partial charge in [-0.25, -0.2) is 0 Å². The van der Waals surface area contributed by atoms with E-state index >= 15 is 0 Å². The van der Waals surface area contributed by atoms with Crippen molar-refractivity contribution in [2.75, 3.05) is 0 Å². The molecule has 1 unspecified atom stereocenters. The lowest BCUT2D eigenvalue weighted by Crippen LogP contribution is -2.37. The van der Waals surface area contributed by atoms with Crippen molar-refractivity contribution in [2.24, 2.45) is 5.73 Å². The summed E-state index contributed by atoms with van der Waals surface area (Å²) in [6.45, 7) is 1.83. The van der Waals surface area contributed by atoms with Gasteiger partial charge in [0.2, 0.25) is 5.91 Å². The second-order valence-electron chi connectivity index (χ2n) is 8.11. The Morgan fingerprint density at radius 1 is 1.16 bits per heavy atom. The number of benzene rings is 2. The third-order valence-electron chi connectivity index (χ3n) is 6.27. The van der Waals surface area contributed by atoms with E-state index in [-0.39, 0.29) is 27.9 Å². The van der Waals surface area contributed by atoms with Gasteiger partial charge in [-0.3, -0.25) is 4.79 Å². The number of carbonyl (C=O) groups is 1. The quantitative estimate of drug-likeness (QED) is 0.484. The summed E-state index contributed by atoms with van der Waals surface area (Å²) in [5.74, 6) is -0.306. The van der Waals surface area contributed by atoms with Crippen LogP contribution in [0.1, 0.15) is 64.2 Å². The highest BCUT2D eigenvalue weighted by Gasteiger charge is 2.58. The first-order chi connectivity index (χ1) is 14.5. The Labute approximate surface area is 193 Å². The Bertz CT molecular complexity index is 1070. The molecule has 4 rings (SSSR count). The molecule has 0 radical (unpaired) electrons. The van der Waals surface area contributed by atoms with E-state index in [0.29, 0.717) is 11.1 Å². The topological polar surface area (TPSA) is 43.1 Å². The van der Waals surface area contributed by atoms with Crippen LogP contribution in [0.5, 0.6) is 0 Å². The SMILES string of the molecule is Cc1c(C(N)=O)ccc(C2=CSC(c3cc(Cl)cc(Cl)c3)(C(F)(F)F)C2)c1C1CCC1. The van der Waals surface area contributed by atoms with Gasteiger partial charge in [-0.1, -0.05) is 35.7 Å². The number of primary amides is 1. The summed E-state index contributed by atoms with van der Waals surface area (Å²) in [6, 6.07) is 7.44. The van der Waals surface area contributed by atoms with E-state index in [0.717, 1.165) is 47.7 Å². The Kier molecular flexibility index (Phi) is 5.86. The molecule has 2 aliphatic rings. The number of carbonyl (C=O) groups excluding carboxylic acids is 1. The van der Waals surface area contributed by atoms with Crippen molar-refractivity contribution in [3.63, 3.8) is 0 Å². The maximum atomic E-state index is 14.4. The van der Waals surface area contributed by atoms with Gasteiger partial charge in [-0.15, -0.1) is 11.8 Å². The molecule has 1 heterocycles. The van der Waals surface area contributed by atoms with E-state index in [1.165, 1.54) is 18.2 Å². The standard InChI is InChI=1S/C23H20Cl2F3NOS/c1-12-18(21(29)30)5-6-19(20(12)13-3-2-4-13)14-10-22(31-11-14,23(26,27)28)15-7-16(24)9-17(25)8-15/h5-9,11,13H,2-4,10H2,1H3,(H2,29,30). The molecule has 1 saturated carbocycles. The monoisotopic (exact) mass is 485 g/mol. The molecular weight excluding hydrogens is 466 g/mol. The summed E-state index contributed by atoms with van der Waals surface area (Å²) in [5.41, 5.74) is 9.03. The first-order valence-electron chi connectivity index (χ1n) is 9.87. The summed E-state index contributed by atoms with van der Waals surface area (Å²) in [6.07, 6.45) is -1.81. The average Bonchev–Trinajstić information content (AvgIpc) is 3.07. The Hall–Kier alpha value is -1.63. The van der Waals surface area contributed by atoms with Crippen LogP contribution in [0.15, 0.2) is 35.7 Å². The number of allylic oxidation sites excluding steroid dienone is 1. The average molecular weight is 486 g/mol. The maximum Gasteiger partial charge on any atom is 0.407 e. The molecule has 8 heteroatoms. The highest BCUT2D eigenvalue weighted by Crippen LogP contribution is 2.61. The van der Waals surface area contributed by atoms with Gasteiger partial charge in [-0.05, 0) is 83.2 Å². The normalized spacial score (nSPS) is 21.7. The number of rotatable bonds is 4. The number of alkyl halides is 3. The number of hydrogen-bond acceptors (Lipinski definition) is 2.